The Labute approximate surface area is 77.0 Å². The maximum atomic E-state index is 8.00. The van der Waals surface area contributed by atoms with Crippen molar-refractivity contribution >= 4 is 27.2 Å². The fraction of sp³-hybridized carbons (Fsp3) is 0.500. The molecule has 0 aromatic rings. The van der Waals surface area contributed by atoms with Gasteiger partial charge in [-0.15, -0.1) is 0 Å². The van der Waals surface area contributed by atoms with Gasteiger partial charge in [-0.2, -0.15) is 0 Å². The fourth-order valence-electron chi connectivity index (χ4n) is 0. The van der Waals surface area contributed by atoms with E-state index < -0.39 is 0 Å². The molecule has 0 atom stereocenters. The lowest BCUT2D eigenvalue weighted by atomic mass is 11.9. The van der Waals surface area contributed by atoms with Crippen molar-refractivity contribution < 1.29 is 19.2 Å². The maximum absolute atomic E-state index is 8.00. The predicted octanol–water partition coefficient (Wildman–Crippen LogP) is 1.80. The Bertz CT molecular complexity index is 19.0. The molecule has 4 heteroatoms. The van der Waals surface area contributed by atoms with Gasteiger partial charge in [0.1, 0.15) is 27.2 Å². The van der Waals surface area contributed by atoms with Crippen molar-refractivity contribution in [2.75, 3.05) is 0 Å². The molecule has 0 saturated heterocycles. The first-order valence-electron chi connectivity index (χ1n) is 1.15. The first kappa shape index (κ1) is 139. The van der Waals surface area contributed by atoms with Crippen LogP contribution in [0.4, 0.5) is 0 Å². The Kier molecular flexibility index (Phi) is 4860. The molecule has 0 spiro atoms. The van der Waals surface area contributed by atoms with E-state index in [-0.39, 0.29) is 29.7 Å². The van der Waals surface area contributed by atoms with Gasteiger partial charge in [0.05, 0.1) is 0 Å². The molecule has 0 aromatic heterocycles. The van der Waals surface area contributed by atoms with E-state index in [4.69, 9.17) is 19.2 Å². The van der Waals surface area contributed by atoms with Gasteiger partial charge < -0.3 is 19.2 Å². The number of hydrogen-bond donors (Lipinski definition) is 0. The number of carbonyl (C=O) groups excluding carboxylic acids is 4. The summed E-state index contributed by atoms with van der Waals surface area (Å²) in [5.41, 5.74) is 0. The molecule has 0 unspecified atom stereocenters. The highest BCUT2D eigenvalue weighted by Crippen LogP contribution is 0.501. The van der Waals surface area contributed by atoms with Crippen LogP contribution >= 0.6 is 0 Å². The van der Waals surface area contributed by atoms with Gasteiger partial charge >= 0.3 is 0 Å². The minimum Gasteiger partial charge on any atom is -0.307 e. The lowest BCUT2D eigenvalue weighted by Gasteiger charge is -0.837. The molecule has 0 N–H and O–H groups in total. The predicted molar refractivity (Wildman–Crippen MR) is 55.4 cm³/mol. The molecule has 0 aliphatic carbocycles. The van der Waals surface area contributed by atoms with Gasteiger partial charge in [-0.25, -0.2) is 0 Å². The van der Waals surface area contributed by atoms with Crippen LogP contribution in [0.2, 0.25) is 0 Å². The Balaban J connectivity index is -0.00000000267. The number of hydrogen-bond acceptors (Lipinski definition) is 4. The molecule has 12 heavy (non-hydrogen) atoms. The SMILES string of the molecule is C.C.C.C.C=O.C=O.C=O.C=O. The van der Waals surface area contributed by atoms with Crippen molar-refractivity contribution in [2.45, 2.75) is 29.7 Å². The Hall–Kier alpha value is -1.32. The van der Waals surface area contributed by atoms with Crippen LogP contribution in [0.3, 0.4) is 0 Å². The van der Waals surface area contributed by atoms with Gasteiger partial charge in [-0.3, -0.25) is 0 Å². The Morgan fingerprint density at radius 1 is 0.333 bits per heavy atom. The molecule has 0 aliphatic rings. The molecule has 0 saturated carbocycles. The largest absolute Gasteiger partial charge is 0.307 e. The molecular formula is C8H24O4. The zero-order valence-electron chi connectivity index (χ0n) is 4.46. The molecule has 0 rings (SSSR count). The summed E-state index contributed by atoms with van der Waals surface area (Å²) in [5.74, 6) is 0. The van der Waals surface area contributed by atoms with Gasteiger partial charge in [0.15, 0.2) is 0 Å². The summed E-state index contributed by atoms with van der Waals surface area (Å²) in [6.45, 7) is 8.00. The molecule has 4 nitrogen and oxygen atoms in total. The maximum Gasteiger partial charge on any atom is 0.106 e. The van der Waals surface area contributed by atoms with Gasteiger partial charge in [0.25, 0.3) is 0 Å². The Morgan fingerprint density at radius 2 is 0.333 bits per heavy atom. The third kappa shape index (κ3) is 294. The molecule has 0 bridgehead atoms. The van der Waals surface area contributed by atoms with Crippen LogP contribution in [-0.4, -0.2) is 27.2 Å². The van der Waals surface area contributed by atoms with Crippen LogP contribution in [0.5, 0.6) is 0 Å². The summed E-state index contributed by atoms with van der Waals surface area (Å²) in [4.78, 5) is 32.0. The van der Waals surface area contributed by atoms with Gasteiger partial charge in [0, 0.05) is 0 Å². The third-order valence-electron chi connectivity index (χ3n) is 0. The second-order valence-corrected chi connectivity index (χ2v) is 0. The summed E-state index contributed by atoms with van der Waals surface area (Å²) in [7, 11) is 0. The van der Waals surface area contributed by atoms with Crippen LogP contribution in [0.1, 0.15) is 29.7 Å². The van der Waals surface area contributed by atoms with Crippen LogP contribution in [-0.2, 0) is 19.2 Å². The fourth-order valence-corrected chi connectivity index (χ4v) is 0. The van der Waals surface area contributed by atoms with E-state index in [9.17, 15) is 0 Å². The highest BCUT2D eigenvalue weighted by molar-refractivity contribution is 5.11. The average molecular weight is 184 g/mol. The van der Waals surface area contributed by atoms with Crippen molar-refractivity contribution in [1.29, 1.82) is 0 Å². The highest BCUT2D eigenvalue weighted by atomic mass is 16.1. The van der Waals surface area contributed by atoms with Gasteiger partial charge in [-0.05, 0) is 0 Å². The third-order valence-corrected chi connectivity index (χ3v) is 0. The van der Waals surface area contributed by atoms with Crippen molar-refractivity contribution in [2.24, 2.45) is 0 Å². The van der Waals surface area contributed by atoms with Crippen LogP contribution in [0.15, 0.2) is 0 Å². The summed E-state index contributed by atoms with van der Waals surface area (Å²) >= 11 is 0. The van der Waals surface area contributed by atoms with Crippen molar-refractivity contribution in [3.63, 3.8) is 0 Å². The first-order chi connectivity index (χ1) is 4.00. The summed E-state index contributed by atoms with van der Waals surface area (Å²) in [5, 5.41) is 0. The van der Waals surface area contributed by atoms with Gasteiger partial charge in [0.2, 0.25) is 0 Å². The second kappa shape index (κ2) is 419. The molecule has 0 aliphatic heterocycles. The summed E-state index contributed by atoms with van der Waals surface area (Å²) in [6, 6.07) is 0. The van der Waals surface area contributed by atoms with E-state index in [1.807, 2.05) is 27.2 Å². The normalized spacial score (nSPS) is 1.33. The van der Waals surface area contributed by atoms with E-state index in [0.717, 1.165) is 0 Å². The monoisotopic (exact) mass is 184 g/mol. The average Bonchev–Trinajstić information content (AvgIpc) is 2.03. The summed E-state index contributed by atoms with van der Waals surface area (Å²) < 4.78 is 0. The Morgan fingerprint density at radius 3 is 0.333 bits per heavy atom. The summed E-state index contributed by atoms with van der Waals surface area (Å²) in [6.07, 6.45) is 0. The van der Waals surface area contributed by atoms with Gasteiger partial charge in [-0.1, -0.05) is 29.7 Å². The number of carbonyl (C=O) groups is 4. The smallest absolute Gasteiger partial charge is 0.106 e. The molecule has 0 heterocycles. The molecule has 0 radical (unpaired) electrons. The van der Waals surface area contributed by atoms with Crippen LogP contribution in [0.25, 0.3) is 0 Å². The quantitative estimate of drug-likeness (QED) is 0.575. The van der Waals surface area contributed by atoms with E-state index >= 15 is 0 Å². The van der Waals surface area contributed by atoms with E-state index in [0.29, 0.717) is 0 Å². The lowest BCUT2D eigenvalue weighted by molar-refractivity contribution is -0.0987. The standard InChI is InChI=1S/4CH2O.4CH4/c4*1-2;;;;/h4*1H2;4*1H4. The molecular weight excluding hydrogens is 160 g/mol. The van der Waals surface area contributed by atoms with Crippen LogP contribution in [0, 0.1) is 0 Å². The molecule has 0 fully saturated rings. The lowest BCUT2D eigenvalue weighted by Crippen LogP contribution is -0.925. The highest BCUT2D eigenvalue weighted by Gasteiger charge is 0.642. The van der Waals surface area contributed by atoms with Crippen LogP contribution < -0.4 is 0 Å². The number of rotatable bonds is 0. The minimum absolute atomic E-state index is 0. The van der Waals surface area contributed by atoms with Crippen molar-refractivity contribution in [3.8, 4) is 0 Å². The van der Waals surface area contributed by atoms with E-state index in [2.05, 4.69) is 0 Å². The molecule has 0 amide bonds. The van der Waals surface area contributed by atoms with E-state index in [1.54, 1.807) is 0 Å². The molecule has 80 valence electrons. The second-order valence-electron chi connectivity index (χ2n) is 0. The molecule has 0 aromatic carbocycles. The van der Waals surface area contributed by atoms with E-state index in [1.165, 1.54) is 0 Å². The zero-order chi connectivity index (χ0) is 8.00. The first-order valence-corrected chi connectivity index (χ1v) is 1.15. The van der Waals surface area contributed by atoms with Crippen molar-refractivity contribution in [1.82, 2.24) is 0 Å². The topological polar surface area (TPSA) is 68.3 Å². The zero-order valence-corrected chi connectivity index (χ0v) is 4.46. The minimum atomic E-state index is 0. The van der Waals surface area contributed by atoms with Crippen molar-refractivity contribution in [3.05, 3.63) is 0 Å².